The van der Waals surface area contributed by atoms with E-state index >= 15 is 0 Å². The molecule has 130 valence electrons. The molecule has 0 aliphatic heterocycles. The quantitative estimate of drug-likeness (QED) is 0.517. The molecule has 3 rings (SSSR count). The van der Waals surface area contributed by atoms with E-state index in [4.69, 9.17) is 0 Å². The topological polar surface area (TPSA) is 54.9 Å². The number of aryl methyl sites for hydroxylation is 2. The fourth-order valence-electron chi connectivity index (χ4n) is 2.46. The molecule has 1 atom stereocenters. The van der Waals surface area contributed by atoms with Crippen molar-refractivity contribution in [3.05, 3.63) is 52.7 Å². The zero-order valence-electron chi connectivity index (χ0n) is 14.6. The molecule has 0 saturated carbocycles. The van der Waals surface area contributed by atoms with E-state index in [-0.39, 0.29) is 11.2 Å². The van der Waals surface area contributed by atoms with Crippen LogP contribution in [0.25, 0.3) is 10.2 Å². The zero-order chi connectivity index (χ0) is 17.8. The van der Waals surface area contributed by atoms with E-state index in [9.17, 15) is 4.79 Å². The van der Waals surface area contributed by atoms with E-state index in [0.717, 1.165) is 33.1 Å². The molecule has 1 amide bonds. The summed E-state index contributed by atoms with van der Waals surface area (Å²) in [6.45, 7) is 6.50. The second-order valence-corrected chi connectivity index (χ2v) is 8.27. The molecule has 0 saturated heterocycles. The smallest absolute Gasteiger partial charge is 0.233 e. The van der Waals surface area contributed by atoms with Crippen LogP contribution in [0.5, 0.6) is 0 Å². The van der Waals surface area contributed by atoms with Gasteiger partial charge in [-0.05, 0) is 31.9 Å². The molecule has 0 radical (unpaired) electrons. The summed E-state index contributed by atoms with van der Waals surface area (Å²) in [6, 6.07) is 12.1. The summed E-state index contributed by atoms with van der Waals surface area (Å²) in [4.78, 5) is 23.8. The van der Waals surface area contributed by atoms with Gasteiger partial charge in [0, 0.05) is 16.8 Å². The molecule has 1 N–H and O–H groups in total. The van der Waals surface area contributed by atoms with Gasteiger partial charge in [-0.1, -0.05) is 49.0 Å². The van der Waals surface area contributed by atoms with Crippen molar-refractivity contribution >= 4 is 39.2 Å². The van der Waals surface area contributed by atoms with Gasteiger partial charge in [0.05, 0.1) is 5.25 Å². The van der Waals surface area contributed by atoms with Gasteiger partial charge in [-0.2, -0.15) is 0 Å². The minimum atomic E-state index is -0.216. The first-order valence-electron chi connectivity index (χ1n) is 8.32. The maximum Gasteiger partial charge on any atom is 0.233 e. The molecule has 0 fully saturated rings. The van der Waals surface area contributed by atoms with E-state index in [1.54, 1.807) is 11.3 Å². The maximum absolute atomic E-state index is 12.4. The number of amides is 1. The Morgan fingerprint density at radius 1 is 1.28 bits per heavy atom. The van der Waals surface area contributed by atoms with E-state index in [0.29, 0.717) is 6.54 Å². The summed E-state index contributed by atoms with van der Waals surface area (Å²) in [5.74, 6) is 0.764. The van der Waals surface area contributed by atoms with Crippen LogP contribution in [0.4, 0.5) is 0 Å². The molecule has 0 bridgehead atoms. The zero-order valence-corrected chi connectivity index (χ0v) is 16.2. The SMILES string of the molecule is CCc1cc2c(SC(C)C(=O)NCc3ccccc3)nc(C)nc2s1. The molecular formula is C19H21N3OS2. The lowest BCUT2D eigenvalue weighted by Crippen LogP contribution is -2.30. The van der Waals surface area contributed by atoms with Crippen molar-refractivity contribution < 1.29 is 4.79 Å². The minimum Gasteiger partial charge on any atom is -0.351 e. The van der Waals surface area contributed by atoms with Crippen molar-refractivity contribution in [1.82, 2.24) is 15.3 Å². The largest absolute Gasteiger partial charge is 0.351 e. The summed E-state index contributed by atoms with van der Waals surface area (Å²) >= 11 is 3.20. The number of fused-ring (bicyclic) bond motifs is 1. The van der Waals surface area contributed by atoms with Crippen LogP contribution < -0.4 is 5.32 Å². The number of hydrogen-bond acceptors (Lipinski definition) is 5. The third-order valence-corrected chi connectivity index (χ3v) is 6.11. The summed E-state index contributed by atoms with van der Waals surface area (Å²) in [5, 5.41) is 4.73. The van der Waals surface area contributed by atoms with Gasteiger partial charge in [0.2, 0.25) is 5.91 Å². The van der Waals surface area contributed by atoms with Crippen molar-refractivity contribution in [2.24, 2.45) is 0 Å². The number of nitrogens with zero attached hydrogens (tertiary/aromatic N) is 2. The Balaban J connectivity index is 1.71. The normalized spacial score (nSPS) is 12.3. The Kier molecular flexibility index (Phi) is 5.71. The number of benzene rings is 1. The third-order valence-electron chi connectivity index (χ3n) is 3.84. The molecule has 3 aromatic rings. The van der Waals surface area contributed by atoms with Crippen LogP contribution >= 0.6 is 23.1 Å². The van der Waals surface area contributed by atoms with Crippen LogP contribution in [0.3, 0.4) is 0 Å². The van der Waals surface area contributed by atoms with Crippen LogP contribution in [0, 0.1) is 6.92 Å². The molecular weight excluding hydrogens is 350 g/mol. The molecule has 25 heavy (non-hydrogen) atoms. The van der Waals surface area contributed by atoms with Gasteiger partial charge < -0.3 is 5.32 Å². The minimum absolute atomic E-state index is 0.0178. The fraction of sp³-hybridized carbons (Fsp3) is 0.316. The molecule has 2 heterocycles. The number of thioether (sulfide) groups is 1. The molecule has 4 nitrogen and oxygen atoms in total. The van der Waals surface area contributed by atoms with Gasteiger partial charge in [-0.3, -0.25) is 4.79 Å². The highest BCUT2D eigenvalue weighted by atomic mass is 32.2. The van der Waals surface area contributed by atoms with Crippen molar-refractivity contribution in [3.63, 3.8) is 0 Å². The van der Waals surface area contributed by atoms with Crippen LogP contribution in [-0.2, 0) is 17.8 Å². The third kappa shape index (κ3) is 4.38. The highest BCUT2D eigenvalue weighted by molar-refractivity contribution is 8.00. The molecule has 1 aromatic carbocycles. The summed E-state index contributed by atoms with van der Waals surface area (Å²) in [7, 11) is 0. The average molecular weight is 372 g/mol. The molecule has 0 aliphatic carbocycles. The van der Waals surface area contributed by atoms with Gasteiger partial charge in [0.25, 0.3) is 0 Å². The summed E-state index contributed by atoms with van der Waals surface area (Å²) < 4.78 is 0. The van der Waals surface area contributed by atoms with E-state index in [1.165, 1.54) is 16.6 Å². The van der Waals surface area contributed by atoms with Crippen molar-refractivity contribution in [2.75, 3.05) is 0 Å². The van der Waals surface area contributed by atoms with Crippen molar-refractivity contribution in [3.8, 4) is 0 Å². The van der Waals surface area contributed by atoms with Crippen LogP contribution in [0.1, 0.15) is 30.1 Å². The lowest BCUT2D eigenvalue weighted by atomic mass is 10.2. The Labute approximate surface area is 156 Å². The first-order valence-corrected chi connectivity index (χ1v) is 10.0. The molecule has 0 aliphatic rings. The van der Waals surface area contributed by atoms with Crippen LogP contribution in [0.2, 0.25) is 0 Å². The number of carbonyl (C=O) groups excluding carboxylic acids is 1. The van der Waals surface area contributed by atoms with Crippen LogP contribution in [0.15, 0.2) is 41.4 Å². The number of thiophene rings is 1. The lowest BCUT2D eigenvalue weighted by molar-refractivity contribution is -0.120. The molecule has 6 heteroatoms. The van der Waals surface area contributed by atoms with Gasteiger partial charge in [-0.15, -0.1) is 11.3 Å². The monoisotopic (exact) mass is 371 g/mol. The van der Waals surface area contributed by atoms with Crippen molar-refractivity contribution in [1.29, 1.82) is 0 Å². The summed E-state index contributed by atoms with van der Waals surface area (Å²) in [6.07, 6.45) is 0.983. The second-order valence-electron chi connectivity index (χ2n) is 5.82. The van der Waals surface area contributed by atoms with Gasteiger partial charge in [0.1, 0.15) is 15.7 Å². The van der Waals surface area contributed by atoms with Crippen LogP contribution in [-0.4, -0.2) is 21.1 Å². The predicted molar refractivity (Wildman–Crippen MR) is 105 cm³/mol. The number of rotatable bonds is 6. The summed E-state index contributed by atoms with van der Waals surface area (Å²) in [5.41, 5.74) is 1.10. The Hall–Kier alpha value is -1.92. The number of carbonyl (C=O) groups is 1. The van der Waals surface area contributed by atoms with Gasteiger partial charge >= 0.3 is 0 Å². The Morgan fingerprint density at radius 3 is 2.76 bits per heavy atom. The predicted octanol–water partition coefficient (Wildman–Crippen LogP) is 4.36. The second kappa shape index (κ2) is 7.97. The average Bonchev–Trinajstić information content (AvgIpc) is 3.03. The molecule has 2 aromatic heterocycles. The highest BCUT2D eigenvalue weighted by Gasteiger charge is 2.18. The highest BCUT2D eigenvalue weighted by Crippen LogP contribution is 2.33. The lowest BCUT2D eigenvalue weighted by Gasteiger charge is -2.12. The first-order chi connectivity index (χ1) is 12.1. The molecule has 0 spiro atoms. The van der Waals surface area contributed by atoms with E-state index in [2.05, 4.69) is 28.3 Å². The Morgan fingerprint density at radius 2 is 2.04 bits per heavy atom. The maximum atomic E-state index is 12.4. The number of aromatic nitrogens is 2. The molecule has 1 unspecified atom stereocenters. The standard InChI is InChI=1S/C19H21N3OS2/c1-4-15-10-16-18(21-13(3)22-19(16)25-15)24-12(2)17(23)20-11-14-8-6-5-7-9-14/h5-10,12H,4,11H2,1-3H3,(H,20,23). The van der Waals surface area contributed by atoms with E-state index < -0.39 is 0 Å². The number of hydrogen-bond donors (Lipinski definition) is 1. The van der Waals surface area contributed by atoms with Gasteiger partial charge in [0.15, 0.2) is 0 Å². The first kappa shape index (κ1) is 17.9. The Bertz CT molecular complexity index is 877. The van der Waals surface area contributed by atoms with Gasteiger partial charge in [-0.25, -0.2) is 9.97 Å². The van der Waals surface area contributed by atoms with Crippen molar-refractivity contribution in [2.45, 2.75) is 44.0 Å². The number of nitrogens with one attached hydrogen (secondary N) is 1. The fourth-order valence-corrected chi connectivity index (χ4v) is 4.53. The van der Waals surface area contributed by atoms with E-state index in [1.807, 2.05) is 44.2 Å².